The Morgan fingerprint density at radius 3 is 2.50 bits per heavy atom. The first-order chi connectivity index (χ1) is 5.44. The number of hydrogen-bond donors (Lipinski definition) is 0. The van der Waals surface area contributed by atoms with Gasteiger partial charge in [-0.25, -0.2) is 0 Å². The van der Waals surface area contributed by atoms with E-state index >= 15 is 0 Å². The maximum absolute atomic E-state index is 11.3. The quantitative estimate of drug-likeness (QED) is 0.783. The van der Waals surface area contributed by atoms with Crippen LogP contribution < -0.4 is 0 Å². The Morgan fingerprint density at radius 2 is 2.17 bits per heavy atom. The van der Waals surface area contributed by atoms with E-state index in [2.05, 4.69) is 15.9 Å². The number of hydrogen-bond acceptors (Lipinski definition) is 2. The van der Waals surface area contributed by atoms with Crippen LogP contribution in [0.4, 0.5) is 0 Å². The van der Waals surface area contributed by atoms with Crippen molar-refractivity contribution in [2.45, 2.75) is 26.2 Å². The predicted octanol–water partition coefficient (Wildman–Crippen LogP) is 3.38. The van der Waals surface area contributed by atoms with Crippen LogP contribution in [0, 0.1) is 0 Å². The second kappa shape index (κ2) is 3.30. The lowest BCUT2D eigenvalue weighted by molar-refractivity contribution is -0.121. The van der Waals surface area contributed by atoms with E-state index in [1.165, 1.54) is 0 Å². The highest BCUT2D eigenvalue weighted by Crippen LogP contribution is 2.31. The summed E-state index contributed by atoms with van der Waals surface area (Å²) >= 11 is 4.99. The Bertz CT molecular complexity index is 301. The van der Waals surface area contributed by atoms with Crippen LogP contribution in [0.2, 0.25) is 0 Å². The van der Waals surface area contributed by atoms with Crippen molar-refractivity contribution in [1.29, 1.82) is 0 Å². The highest BCUT2D eigenvalue weighted by Gasteiger charge is 2.27. The van der Waals surface area contributed by atoms with Gasteiger partial charge < -0.3 is 0 Å². The van der Waals surface area contributed by atoms with Crippen molar-refractivity contribution < 1.29 is 4.79 Å². The molecule has 0 saturated heterocycles. The summed E-state index contributed by atoms with van der Waals surface area (Å²) in [6, 6.07) is 2.01. The molecule has 66 valence electrons. The van der Waals surface area contributed by atoms with Crippen LogP contribution in [0.3, 0.4) is 0 Å². The van der Waals surface area contributed by atoms with Crippen molar-refractivity contribution >= 4 is 33.0 Å². The summed E-state index contributed by atoms with van der Waals surface area (Å²) in [6.07, 6.45) is 0. The Balaban J connectivity index is 3.05. The van der Waals surface area contributed by atoms with Gasteiger partial charge in [0.05, 0.1) is 5.41 Å². The fourth-order valence-corrected chi connectivity index (χ4v) is 2.42. The zero-order valence-corrected chi connectivity index (χ0v) is 9.75. The van der Waals surface area contributed by atoms with E-state index in [9.17, 15) is 4.79 Å². The zero-order chi connectivity index (χ0) is 9.35. The van der Waals surface area contributed by atoms with Crippen LogP contribution in [0.25, 0.3) is 0 Å². The zero-order valence-electron chi connectivity index (χ0n) is 7.35. The Labute approximate surface area is 84.9 Å². The molecule has 0 fully saturated rings. The molecular weight excluding hydrogens is 236 g/mol. The van der Waals surface area contributed by atoms with E-state index in [1.807, 2.05) is 25.3 Å². The Kier molecular flexibility index (Phi) is 2.74. The van der Waals surface area contributed by atoms with Gasteiger partial charge in [0.25, 0.3) is 0 Å². The molecule has 12 heavy (non-hydrogen) atoms. The molecule has 3 heteroatoms. The highest BCUT2D eigenvalue weighted by atomic mass is 79.9. The SMILES string of the molecule is CC(=O)C(C)(C)c1cc(Br)cs1. The van der Waals surface area contributed by atoms with Gasteiger partial charge in [-0.2, -0.15) is 0 Å². The number of Topliss-reactive ketones (excluding diaryl/α,β-unsaturated/α-hetero) is 1. The molecule has 1 aromatic rings. The van der Waals surface area contributed by atoms with E-state index < -0.39 is 0 Å². The second-order valence-electron chi connectivity index (χ2n) is 3.31. The Hall–Kier alpha value is -0.150. The maximum atomic E-state index is 11.3. The summed E-state index contributed by atoms with van der Waals surface area (Å²) in [5.41, 5.74) is -0.337. The summed E-state index contributed by atoms with van der Waals surface area (Å²) < 4.78 is 1.05. The summed E-state index contributed by atoms with van der Waals surface area (Å²) in [5.74, 6) is 0.205. The smallest absolute Gasteiger partial charge is 0.140 e. The van der Waals surface area contributed by atoms with Crippen LogP contribution in [0.15, 0.2) is 15.9 Å². The van der Waals surface area contributed by atoms with Gasteiger partial charge in [-0.15, -0.1) is 11.3 Å². The van der Waals surface area contributed by atoms with Gasteiger partial charge in [0.1, 0.15) is 5.78 Å². The molecule has 1 aromatic heterocycles. The topological polar surface area (TPSA) is 17.1 Å². The van der Waals surface area contributed by atoms with Crippen molar-refractivity contribution in [2.24, 2.45) is 0 Å². The third kappa shape index (κ3) is 1.77. The average molecular weight is 247 g/mol. The average Bonchev–Trinajstić information content (AvgIpc) is 2.35. The number of carbonyl (C=O) groups excluding carboxylic acids is 1. The molecule has 0 unspecified atom stereocenters. The molecule has 1 rings (SSSR count). The van der Waals surface area contributed by atoms with Gasteiger partial charge in [0, 0.05) is 14.7 Å². The molecule has 0 bridgehead atoms. The molecule has 0 aliphatic rings. The van der Waals surface area contributed by atoms with Gasteiger partial charge in [-0.3, -0.25) is 4.79 Å². The summed E-state index contributed by atoms with van der Waals surface area (Å²) in [4.78, 5) is 12.4. The summed E-state index contributed by atoms with van der Waals surface area (Å²) in [7, 11) is 0. The number of ketones is 1. The summed E-state index contributed by atoms with van der Waals surface area (Å²) in [6.45, 7) is 5.54. The van der Waals surface area contributed by atoms with E-state index in [4.69, 9.17) is 0 Å². The lowest BCUT2D eigenvalue weighted by atomic mass is 9.87. The monoisotopic (exact) mass is 246 g/mol. The minimum Gasteiger partial charge on any atom is -0.299 e. The lowest BCUT2D eigenvalue weighted by Gasteiger charge is -2.18. The van der Waals surface area contributed by atoms with Crippen molar-refractivity contribution in [2.75, 3.05) is 0 Å². The normalized spacial score (nSPS) is 11.7. The molecule has 1 heterocycles. The molecule has 0 aliphatic carbocycles. The van der Waals surface area contributed by atoms with Crippen LogP contribution >= 0.6 is 27.3 Å². The Morgan fingerprint density at radius 1 is 1.58 bits per heavy atom. The molecule has 0 saturated carbocycles. The van der Waals surface area contributed by atoms with Gasteiger partial charge in [-0.05, 0) is 42.8 Å². The molecule has 0 spiro atoms. The third-order valence-electron chi connectivity index (χ3n) is 2.06. The first-order valence-electron chi connectivity index (χ1n) is 3.70. The van der Waals surface area contributed by atoms with Crippen molar-refractivity contribution in [3.63, 3.8) is 0 Å². The van der Waals surface area contributed by atoms with Crippen LogP contribution in [0.1, 0.15) is 25.6 Å². The molecule has 0 aliphatic heterocycles. The molecule has 0 amide bonds. The van der Waals surface area contributed by atoms with Gasteiger partial charge in [-0.1, -0.05) is 0 Å². The fraction of sp³-hybridized carbons (Fsp3) is 0.444. The predicted molar refractivity (Wildman–Crippen MR) is 55.7 cm³/mol. The summed E-state index contributed by atoms with van der Waals surface area (Å²) in [5, 5.41) is 2.00. The first-order valence-corrected chi connectivity index (χ1v) is 5.37. The van der Waals surface area contributed by atoms with Gasteiger partial charge >= 0.3 is 0 Å². The van der Waals surface area contributed by atoms with Crippen LogP contribution in [-0.4, -0.2) is 5.78 Å². The van der Waals surface area contributed by atoms with E-state index in [0.29, 0.717) is 0 Å². The minimum absolute atomic E-state index is 0.205. The number of thiophene rings is 1. The van der Waals surface area contributed by atoms with Crippen LogP contribution in [-0.2, 0) is 10.2 Å². The van der Waals surface area contributed by atoms with E-state index in [1.54, 1.807) is 18.3 Å². The molecule has 0 N–H and O–H groups in total. The molecular formula is C9H11BrOS. The van der Waals surface area contributed by atoms with Crippen molar-refractivity contribution in [3.8, 4) is 0 Å². The minimum atomic E-state index is -0.337. The highest BCUT2D eigenvalue weighted by molar-refractivity contribution is 9.10. The third-order valence-corrected chi connectivity index (χ3v) is 4.08. The number of rotatable bonds is 2. The first kappa shape index (κ1) is 9.93. The fourth-order valence-electron chi connectivity index (χ4n) is 0.814. The lowest BCUT2D eigenvalue weighted by Crippen LogP contribution is -2.24. The van der Waals surface area contributed by atoms with E-state index in [0.717, 1.165) is 9.35 Å². The molecule has 0 radical (unpaired) electrons. The molecule has 1 nitrogen and oxygen atoms in total. The van der Waals surface area contributed by atoms with Crippen molar-refractivity contribution in [1.82, 2.24) is 0 Å². The molecule has 0 aromatic carbocycles. The standard InChI is InChI=1S/C9H11BrOS/c1-6(11)9(2,3)8-4-7(10)5-12-8/h4-5H,1-3H3. The largest absolute Gasteiger partial charge is 0.299 e. The van der Waals surface area contributed by atoms with Gasteiger partial charge in [0.2, 0.25) is 0 Å². The number of carbonyl (C=O) groups is 1. The van der Waals surface area contributed by atoms with Gasteiger partial charge in [0.15, 0.2) is 0 Å². The second-order valence-corrected chi connectivity index (χ2v) is 5.14. The van der Waals surface area contributed by atoms with E-state index in [-0.39, 0.29) is 11.2 Å². The van der Waals surface area contributed by atoms with Crippen molar-refractivity contribution in [3.05, 3.63) is 20.8 Å². The molecule has 0 atom stereocenters. The van der Waals surface area contributed by atoms with Crippen LogP contribution in [0.5, 0.6) is 0 Å². The number of halogens is 1. The maximum Gasteiger partial charge on any atom is 0.140 e.